The average molecular weight is 272 g/mol. The van der Waals surface area contributed by atoms with Crippen LogP contribution in [0.5, 0.6) is 0 Å². The number of carbonyl (C=O) groups is 1. The van der Waals surface area contributed by atoms with Crippen LogP contribution in [0.3, 0.4) is 0 Å². The highest BCUT2D eigenvalue weighted by molar-refractivity contribution is 7.89. The van der Waals surface area contributed by atoms with Gasteiger partial charge in [-0.2, -0.15) is 0 Å². The molecular weight excluding hydrogens is 256 g/mol. The summed E-state index contributed by atoms with van der Waals surface area (Å²) in [6.45, 7) is 2.33. The third-order valence-electron chi connectivity index (χ3n) is 2.35. The molecule has 0 spiro atoms. The molecule has 18 heavy (non-hydrogen) atoms. The first-order valence-electron chi connectivity index (χ1n) is 5.34. The standard InChI is InChI=1S/C11H16N2O4S/c1-4-12-11(14)9-5-7-10(8-6-9)18(15,16)13(2)17-3/h5-8H,4H2,1-3H3,(H,12,14). The van der Waals surface area contributed by atoms with Crippen molar-refractivity contribution in [3.8, 4) is 0 Å². The predicted octanol–water partition coefficient (Wildman–Crippen LogP) is 0.618. The van der Waals surface area contributed by atoms with Gasteiger partial charge in [-0.1, -0.05) is 4.47 Å². The van der Waals surface area contributed by atoms with Crippen molar-refractivity contribution in [3.63, 3.8) is 0 Å². The highest BCUT2D eigenvalue weighted by atomic mass is 32.2. The Bertz CT molecular complexity index is 510. The van der Waals surface area contributed by atoms with Crippen molar-refractivity contribution < 1.29 is 18.0 Å². The summed E-state index contributed by atoms with van der Waals surface area (Å²) < 4.78 is 24.5. The highest BCUT2D eigenvalue weighted by Crippen LogP contribution is 2.15. The fourth-order valence-corrected chi connectivity index (χ4v) is 2.26. The zero-order valence-electron chi connectivity index (χ0n) is 10.5. The van der Waals surface area contributed by atoms with E-state index in [2.05, 4.69) is 10.2 Å². The molecule has 0 saturated heterocycles. The molecule has 0 aromatic heterocycles. The van der Waals surface area contributed by atoms with Gasteiger partial charge in [-0.3, -0.25) is 9.63 Å². The van der Waals surface area contributed by atoms with Gasteiger partial charge in [0, 0.05) is 19.2 Å². The summed E-state index contributed by atoms with van der Waals surface area (Å²) >= 11 is 0. The van der Waals surface area contributed by atoms with E-state index in [1.54, 1.807) is 0 Å². The van der Waals surface area contributed by atoms with Crippen molar-refractivity contribution >= 4 is 15.9 Å². The molecule has 0 unspecified atom stereocenters. The molecule has 7 heteroatoms. The monoisotopic (exact) mass is 272 g/mol. The van der Waals surface area contributed by atoms with Crippen molar-refractivity contribution in [2.45, 2.75) is 11.8 Å². The molecule has 0 fully saturated rings. The number of carbonyl (C=O) groups excluding carboxylic acids is 1. The van der Waals surface area contributed by atoms with E-state index in [4.69, 9.17) is 0 Å². The maximum absolute atomic E-state index is 11.9. The maximum Gasteiger partial charge on any atom is 0.264 e. The van der Waals surface area contributed by atoms with E-state index >= 15 is 0 Å². The number of sulfonamides is 1. The lowest BCUT2D eigenvalue weighted by Gasteiger charge is -2.14. The van der Waals surface area contributed by atoms with Gasteiger partial charge in [0.15, 0.2) is 0 Å². The summed E-state index contributed by atoms with van der Waals surface area (Å²) in [4.78, 5) is 16.2. The Labute approximate surface area is 107 Å². The summed E-state index contributed by atoms with van der Waals surface area (Å²) in [7, 11) is -1.10. The minimum Gasteiger partial charge on any atom is -0.352 e. The molecule has 0 aliphatic heterocycles. The highest BCUT2D eigenvalue weighted by Gasteiger charge is 2.20. The van der Waals surface area contributed by atoms with Gasteiger partial charge in [0.25, 0.3) is 15.9 Å². The molecule has 1 aromatic rings. The lowest BCUT2D eigenvalue weighted by atomic mass is 10.2. The van der Waals surface area contributed by atoms with E-state index in [0.717, 1.165) is 4.47 Å². The SMILES string of the molecule is CCNC(=O)c1ccc(S(=O)(=O)N(C)OC)cc1. The second-order valence-corrected chi connectivity index (χ2v) is 5.42. The minimum absolute atomic E-state index is 0.0694. The smallest absolute Gasteiger partial charge is 0.264 e. The topological polar surface area (TPSA) is 75.7 Å². The van der Waals surface area contributed by atoms with Crippen molar-refractivity contribution in [1.82, 2.24) is 9.79 Å². The van der Waals surface area contributed by atoms with Crippen LogP contribution in [0.25, 0.3) is 0 Å². The molecule has 0 aliphatic carbocycles. The number of benzene rings is 1. The molecule has 0 atom stereocenters. The van der Waals surface area contributed by atoms with Gasteiger partial charge in [0.1, 0.15) is 0 Å². The Morgan fingerprint density at radius 3 is 2.33 bits per heavy atom. The molecule has 1 aromatic carbocycles. The van der Waals surface area contributed by atoms with Crippen molar-refractivity contribution in [3.05, 3.63) is 29.8 Å². The fourth-order valence-electron chi connectivity index (χ4n) is 1.29. The van der Waals surface area contributed by atoms with Crippen molar-refractivity contribution in [2.75, 3.05) is 20.7 Å². The molecule has 1 N–H and O–H groups in total. The first-order valence-corrected chi connectivity index (χ1v) is 6.78. The van der Waals surface area contributed by atoms with E-state index < -0.39 is 10.0 Å². The van der Waals surface area contributed by atoms with Gasteiger partial charge < -0.3 is 5.32 Å². The third-order valence-corrected chi connectivity index (χ3v) is 4.04. The second-order valence-electron chi connectivity index (χ2n) is 3.48. The fraction of sp³-hybridized carbons (Fsp3) is 0.364. The van der Waals surface area contributed by atoms with E-state index in [1.165, 1.54) is 38.4 Å². The maximum atomic E-state index is 11.9. The number of nitrogens with zero attached hydrogens (tertiary/aromatic N) is 1. The Morgan fingerprint density at radius 1 is 1.33 bits per heavy atom. The first-order chi connectivity index (χ1) is 8.43. The molecule has 0 saturated carbocycles. The van der Waals surface area contributed by atoms with Gasteiger partial charge in [-0.25, -0.2) is 8.42 Å². The van der Waals surface area contributed by atoms with Crippen LogP contribution in [-0.2, 0) is 14.9 Å². The van der Waals surface area contributed by atoms with Gasteiger partial charge in [-0.05, 0) is 31.2 Å². The summed E-state index contributed by atoms with van der Waals surface area (Å²) in [5.74, 6) is -0.235. The van der Waals surface area contributed by atoms with Crippen LogP contribution in [-0.4, -0.2) is 39.5 Å². The Balaban J connectivity index is 3.00. The second kappa shape index (κ2) is 5.94. The van der Waals surface area contributed by atoms with Crippen molar-refractivity contribution in [2.24, 2.45) is 0 Å². The van der Waals surface area contributed by atoms with Gasteiger partial charge in [0.2, 0.25) is 0 Å². The van der Waals surface area contributed by atoms with Gasteiger partial charge in [0.05, 0.1) is 12.0 Å². The summed E-state index contributed by atoms with van der Waals surface area (Å²) in [6, 6.07) is 5.66. The number of nitrogens with one attached hydrogen (secondary N) is 1. The number of hydrogen-bond acceptors (Lipinski definition) is 4. The molecule has 0 bridgehead atoms. The number of hydrogen-bond donors (Lipinski definition) is 1. The Hall–Kier alpha value is -1.44. The van der Waals surface area contributed by atoms with Crippen LogP contribution in [0.1, 0.15) is 17.3 Å². The molecule has 0 heterocycles. The average Bonchev–Trinajstić information content (AvgIpc) is 2.38. The Kier molecular flexibility index (Phi) is 4.83. The lowest BCUT2D eigenvalue weighted by Crippen LogP contribution is -2.26. The van der Waals surface area contributed by atoms with E-state index in [-0.39, 0.29) is 10.8 Å². The summed E-state index contributed by atoms with van der Waals surface area (Å²) in [5, 5.41) is 2.63. The molecule has 0 aliphatic rings. The molecule has 0 radical (unpaired) electrons. The Morgan fingerprint density at radius 2 is 1.89 bits per heavy atom. The van der Waals surface area contributed by atoms with E-state index in [9.17, 15) is 13.2 Å². The third kappa shape index (κ3) is 3.06. The van der Waals surface area contributed by atoms with Crippen LogP contribution in [0, 0.1) is 0 Å². The van der Waals surface area contributed by atoms with E-state index in [0.29, 0.717) is 12.1 Å². The minimum atomic E-state index is -3.66. The lowest BCUT2D eigenvalue weighted by molar-refractivity contribution is -0.0258. The molecule has 6 nitrogen and oxygen atoms in total. The predicted molar refractivity (Wildman–Crippen MR) is 66.4 cm³/mol. The zero-order valence-corrected chi connectivity index (χ0v) is 11.3. The summed E-state index contributed by atoms with van der Waals surface area (Å²) in [5.41, 5.74) is 0.413. The molecule has 100 valence electrons. The van der Waals surface area contributed by atoms with E-state index in [1.807, 2.05) is 6.92 Å². The van der Waals surface area contributed by atoms with Crippen LogP contribution in [0.4, 0.5) is 0 Å². The molecule has 1 rings (SSSR count). The summed E-state index contributed by atoms with van der Waals surface area (Å²) in [6.07, 6.45) is 0. The van der Waals surface area contributed by atoms with Gasteiger partial charge >= 0.3 is 0 Å². The number of amides is 1. The van der Waals surface area contributed by atoms with Gasteiger partial charge in [-0.15, -0.1) is 0 Å². The molecular formula is C11H16N2O4S. The number of hydroxylamine groups is 1. The van der Waals surface area contributed by atoms with Crippen LogP contribution in [0.2, 0.25) is 0 Å². The van der Waals surface area contributed by atoms with Crippen LogP contribution >= 0.6 is 0 Å². The van der Waals surface area contributed by atoms with Crippen molar-refractivity contribution in [1.29, 1.82) is 0 Å². The molecule has 1 amide bonds. The normalized spacial score (nSPS) is 11.6. The zero-order chi connectivity index (χ0) is 13.8. The first kappa shape index (κ1) is 14.6. The van der Waals surface area contributed by atoms with Crippen LogP contribution < -0.4 is 5.32 Å². The quantitative estimate of drug-likeness (QED) is 0.797. The number of rotatable bonds is 5. The van der Waals surface area contributed by atoms with Crippen LogP contribution in [0.15, 0.2) is 29.2 Å². The largest absolute Gasteiger partial charge is 0.352 e.